The van der Waals surface area contributed by atoms with Crippen molar-refractivity contribution < 1.29 is 8.83 Å². The number of benzene rings is 10. The van der Waals surface area contributed by atoms with Gasteiger partial charge in [0.25, 0.3) is 0 Å². The van der Waals surface area contributed by atoms with Crippen molar-refractivity contribution in [1.82, 2.24) is 0 Å². The van der Waals surface area contributed by atoms with E-state index in [1.54, 1.807) is 0 Å². The molecule has 0 saturated carbocycles. The Labute approximate surface area is 310 Å². The first-order valence-corrected chi connectivity index (χ1v) is 18.5. The Bertz CT molecular complexity index is 3430. The van der Waals surface area contributed by atoms with Crippen LogP contribution in [0, 0.1) is 0 Å². The van der Waals surface area contributed by atoms with Gasteiger partial charge in [0, 0.05) is 21.5 Å². The van der Waals surface area contributed by atoms with Crippen molar-refractivity contribution in [3.8, 4) is 33.4 Å². The van der Waals surface area contributed by atoms with Gasteiger partial charge in [-0.05, 0) is 101 Å². The minimum Gasteiger partial charge on any atom is -0.452 e. The summed E-state index contributed by atoms with van der Waals surface area (Å²) in [4.78, 5) is 0. The number of furan rings is 2. The molecule has 10 aromatic carbocycles. The predicted molar refractivity (Wildman–Crippen MR) is 227 cm³/mol. The summed E-state index contributed by atoms with van der Waals surface area (Å²) in [6.07, 6.45) is 0. The number of rotatable bonds is 3. The molecule has 2 heteroatoms. The van der Waals surface area contributed by atoms with Gasteiger partial charge in [0.1, 0.15) is 11.2 Å². The fraction of sp³-hybridized carbons (Fsp3) is 0. The average Bonchev–Trinajstić information content (AvgIpc) is 3.81. The van der Waals surface area contributed by atoms with Crippen LogP contribution >= 0.6 is 0 Å². The Hall–Kier alpha value is -7.16. The predicted octanol–water partition coefficient (Wildman–Crippen LogP) is 15.1. The molecule has 12 rings (SSSR count). The molecular formula is C52H30O2. The van der Waals surface area contributed by atoms with Gasteiger partial charge in [-0.1, -0.05) is 158 Å². The van der Waals surface area contributed by atoms with Crippen LogP contribution in [0.15, 0.2) is 191 Å². The molecule has 0 fully saturated rings. The number of fused-ring (bicyclic) bond motifs is 12. The van der Waals surface area contributed by atoms with E-state index in [9.17, 15) is 0 Å². The molecular weight excluding hydrogens is 657 g/mol. The summed E-state index contributed by atoms with van der Waals surface area (Å²) in [6.45, 7) is 0. The van der Waals surface area contributed by atoms with Crippen LogP contribution in [0.3, 0.4) is 0 Å². The smallest absolute Gasteiger partial charge is 0.178 e. The maximum absolute atomic E-state index is 6.82. The van der Waals surface area contributed by atoms with Gasteiger partial charge in [0.05, 0.1) is 0 Å². The zero-order valence-corrected chi connectivity index (χ0v) is 29.1. The molecule has 0 atom stereocenters. The van der Waals surface area contributed by atoms with Crippen molar-refractivity contribution in [1.29, 1.82) is 0 Å². The van der Waals surface area contributed by atoms with Gasteiger partial charge in [-0.2, -0.15) is 0 Å². The lowest BCUT2D eigenvalue weighted by Crippen LogP contribution is -1.92. The van der Waals surface area contributed by atoms with Crippen LogP contribution in [0.25, 0.3) is 120 Å². The minimum atomic E-state index is 0.791. The van der Waals surface area contributed by atoms with E-state index in [-0.39, 0.29) is 0 Å². The molecule has 54 heavy (non-hydrogen) atoms. The monoisotopic (exact) mass is 686 g/mol. The summed E-state index contributed by atoms with van der Waals surface area (Å²) in [6, 6.07) is 65.6. The minimum absolute atomic E-state index is 0.791. The zero-order chi connectivity index (χ0) is 35.3. The SMILES string of the molecule is c1ccc(-c2c3ccccc3c(-c3ccc(-c4cc5oc6c(ccc7c8ccccc8oc76)c5c5ccccc45)c4ccccc34)c3ccccc23)cc1. The summed E-state index contributed by atoms with van der Waals surface area (Å²) >= 11 is 0. The van der Waals surface area contributed by atoms with Gasteiger partial charge in [-0.15, -0.1) is 0 Å². The molecule has 2 heterocycles. The lowest BCUT2D eigenvalue weighted by Gasteiger charge is -2.20. The maximum Gasteiger partial charge on any atom is 0.178 e. The Morgan fingerprint density at radius 2 is 0.722 bits per heavy atom. The highest BCUT2D eigenvalue weighted by Crippen LogP contribution is 2.48. The Balaban J connectivity index is 1.14. The first-order chi connectivity index (χ1) is 26.8. The van der Waals surface area contributed by atoms with Crippen molar-refractivity contribution >= 4 is 87.0 Å². The summed E-state index contributed by atoms with van der Waals surface area (Å²) in [7, 11) is 0. The van der Waals surface area contributed by atoms with E-state index in [0.717, 1.165) is 49.4 Å². The standard InChI is InChI=1S/C52H30O2/c1-2-14-31(15-3-1)48-38-21-8-10-23-40(38)49(41-24-11-9-22-39(41)48)42-27-26-35(32-16-4-5-17-33(32)42)45-30-47-50(37-20-7-6-18-34(37)45)44-29-28-43-36-19-12-13-25-46(36)53-51(43)52(44)54-47/h1-30H. The van der Waals surface area contributed by atoms with Crippen LogP contribution in [-0.4, -0.2) is 0 Å². The maximum atomic E-state index is 6.82. The summed E-state index contributed by atoms with van der Waals surface area (Å²) in [5.74, 6) is 0. The molecule has 0 amide bonds. The highest BCUT2D eigenvalue weighted by Gasteiger charge is 2.22. The molecule has 0 saturated heterocycles. The molecule has 0 unspecified atom stereocenters. The van der Waals surface area contributed by atoms with E-state index in [0.29, 0.717) is 0 Å². The van der Waals surface area contributed by atoms with Crippen molar-refractivity contribution in [2.24, 2.45) is 0 Å². The van der Waals surface area contributed by atoms with Crippen LogP contribution in [0.5, 0.6) is 0 Å². The molecule has 0 spiro atoms. The Kier molecular flexibility index (Phi) is 6.09. The number of para-hydroxylation sites is 1. The van der Waals surface area contributed by atoms with Gasteiger partial charge in [0.2, 0.25) is 0 Å². The third-order valence-electron chi connectivity index (χ3n) is 11.5. The molecule has 0 N–H and O–H groups in total. The molecule has 250 valence electrons. The van der Waals surface area contributed by atoms with E-state index in [4.69, 9.17) is 8.83 Å². The van der Waals surface area contributed by atoms with Crippen LogP contribution < -0.4 is 0 Å². The van der Waals surface area contributed by atoms with Crippen molar-refractivity contribution in [3.05, 3.63) is 182 Å². The van der Waals surface area contributed by atoms with Crippen molar-refractivity contribution in [3.63, 3.8) is 0 Å². The summed E-state index contributed by atoms with van der Waals surface area (Å²) in [5.41, 5.74) is 10.6. The van der Waals surface area contributed by atoms with Crippen LogP contribution in [0.1, 0.15) is 0 Å². The Morgan fingerprint density at radius 3 is 1.41 bits per heavy atom. The van der Waals surface area contributed by atoms with E-state index in [1.807, 2.05) is 12.1 Å². The molecule has 0 radical (unpaired) electrons. The summed E-state index contributed by atoms with van der Waals surface area (Å²) < 4.78 is 13.3. The van der Waals surface area contributed by atoms with Crippen LogP contribution in [0.4, 0.5) is 0 Å². The Morgan fingerprint density at radius 1 is 0.259 bits per heavy atom. The van der Waals surface area contributed by atoms with E-state index in [2.05, 4.69) is 170 Å². The second-order valence-corrected chi connectivity index (χ2v) is 14.3. The van der Waals surface area contributed by atoms with E-state index >= 15 is 0 Å². The second-order valence-electron chi connectivity index (χ2n) is 14.3. The zero-order valence-electron chi connectivity index (χ0n) is 29.1. The first-order valence-electron chi connectivity index (χ1n) is 18.5. The highest BCUT2D eigenvalue weighted by atomic mass is 16.4. The first kappa shape index (κ1) is 29.4. The third-order valence-corrected chi connectivity index (χ3v) is 11.5. The molecule has 0 aliphatic heterocycles. The lowest BCUT2D eigenvalue weighted by atomic mass is 9.83. The van der Waals surface area contributed by atoms with Crippen molar-refractivity contribution in [2.75, 3.05) is 0 Å². The normalized spacial score (nSPS) is 12.1. The average molecular weight is 687 g/mol. The van der Waals surface area contributed by atoms with Gasteiger partial charge < -0.3 is 8.83 Å². The van der Waals surface area contributed by atoms with E-state index in [1.165, 1.54) is 70.9 Å². The molecule has 0 bridgehead atoms. The molecule has 0 aliphatic rings. The number of hydrogen-bond donors (Lipinski definition) is 0. The molecule has 2 nitrogen and oxygen atoms in total. The van der Waals surface area contributed by atoms with Gasteiger partial charge in [-0.3, -0.25) is 0 Å². The fourth-order valence-corrected chi connectivity index (χ4v) is 9.19. The van der Waals surface area contributed by atoms with Gasteiger partial charge >= 0.3 is 0 Å². The fourth-order valence-electron chi connectivity index (χ4n) is 9.19. The molecule has 12 aromatic rings. The van der Waals surface area contributed by atoms with Gasteiger partial charge in [0.15, 0.2) is 11.2 Å². The second kappa shape index (κ2) is 11.2. The van der Waals surface area contributed by atoms with E-state index < -0.39 is 0 Å². The topological polar surface area (TPSA) is 26.3 Å². The molecule has 0 aliphatic carbocycles. The largest absolute Gasteiger partial charge is 0.452 e. The van der Waals surface area contributed by atoms with Crippen molar-refractivity contribution in [2.45, 2.75) is 0 Å². The lowest BCUT2D eigenvalue weighted by molar-refractivity contribution is 0.633. The van der Waals surface area contributed by atoms with Crippen LogP contribution in [-0.2, 0) is 0 Å². The molecule has 2 aromatic heterocycles. The number of hydrogen-bond acceptors (Lipinski definition) is 2. The quantitative estimate of drug-likeness (QED) is 0.173. The van der Waals surface area contributed by atoms with Gasteiger partial charge in [-0.25, -0.2) is 0 Å². The highest BCUT2D eigenvalue weighted by molar-refractivity contribution is 6.28. The third kappa shape index (κ3) is 4.05. The van der Waals surface area contributed by atoms with Crippen LogP contribution in [0.2, 0.25) is 0 Å². The summed E-state index contributed by atoms with van der Waals surface area (Å²) in [5, 5.41) is 14.1.